The number of sulfone groups is 1. The minimum Gasteiger partial charge on any atom is -0.224 e. The van der Waals surface area contributed by atoms with Crippen molar-refractivity contribution in [2.75, 3.05) is 5.75 Å². The lowest BCUT2D eigenvalue weighted by Gasteiger charge is -2.32. The Labute approximate surface area is 60.9 Å². The topological polar surface area (TPSA) is 34.1 Å². The second-order valence-corrected chi connectivity index (χ2v) is 5.05. The predicted molar refractivity (Wildman–Crippen MR) is 39.2 cm³/mol. The molecule has 0 amide bonds. The molecular weight excluding hydrogens is 148 g/mol. The van der Waals surface area contributed by atoms with Crippen LogP contribution in [-0.4, -0.2) is 14.2 Å². The van der Waals surface area contributed by atoms with Gasteiger partial charge < -0.3 is 0 Å². The van der Waals surface area contributed by atoms with Crippen molar-refractivity contribution in [1.29, 1.82) is 0 Å². The van der Waals surface area contributed by atoms with Crippen molar-refractivity contribution in [3.05, 3.63) is 11.0 Å². The summed E-state index contributed by atoms with van der Waals surface area (Å²) >= 11 is 0. The fourth-order valence-corrected chi connectivity index (χ4v) is 3.58. The van der Waals surface area contributed by atoms with Crippen LogP contribution < -0.4 is 0 Å². The van der Waals surface area contributed by atoms with Gasteiger partial charge in [-0.3, -0.25) is 0 Å². The second kappa shape index (κ2) is 1.84. The lowest BCUT2D eigenvalue weighted by atomic mass is 9.96. The van der Waals surface area contributed by atoms with Crippen LogP contribution in [0, 0.1) is 5.92 Å². The van der Waals surface area contributed by atoms with Crippen molar-refractivity contribution in [1.82, 2.24) is 0 Å². The molecule has 3 heteroatoms. The van der Waals surface area contributed by atoms with Crippen LogP contribution in [0.3, 0.4) is 0 Å². The van der Waals surface area contributed by atoms with E-state index in [0.717, 1.165) is 17.7 Å². The van der Waals surface area contributed by atoms with Crippen LogP contribution in [0.4, 0.5) is 0 Å². The summed E-state index contributed by atoms with van der Waals surface area (Å²) in [5, 5.41) is 0. The molecule has 2 aliphatic rings. The molecule has 1 unspecified atom stereocenters. The molecule has 2 rings (SSSR count). The number of hydrogen-bond donors (Lipinski definition) is 0. The molecule has 1 aliphatic heterocycles. The van der Waals surface area contributed by atoms with Gasteiger partial charge in [-0.05, 0) is 19.3 Å². The van der Waals surface area contributed by atoms with Crippen LogP contribution in [-0.2, 0) is 9.84 Å². The molecule has 0 aromatic rings. The molecule has 1 atom stereocenters. The molecule has 0 saturated carbocycles. The van der Waals surface area contributed by atoms with Gasteiger partial charge in [0.2, 0.25) is 0 Å². The summed E-state index contributed by atoms with van der Waals surface area (Å²) < 4.78 is 22.0. The van der Waals surface area contributed by atoms with Crippen molar-refractivity contribution >= 4 is 9.84 Å². The van der Waals surface area contributed by atoms with Gasteiger partial charge in [0, 0.05) is 10.8 Å². The predicted octanol–water partition coefficient (Wildman–Crippen LogP) is 1.10. The van der Waals surface area contributed by atoms with Crippen LogP contribution in [0.25, 0.3) is 0 Å². The molecule has 1 heterocycles. The third-order valence-electron chi connectivity index (χ3n) is 2.28. The van der Waals surface area contributed by atoms with Gasteiger partial charge in [0.15, 0.2) is 9.84 Å². The van der Waals surface area contributed by atoms with E-state index in [-0.39, 0.29) is 0 Å². The fraction of sp³-hybridized carbons (Fsp3) is 0.714. The Bertz CT molecular complexity index is 274. The Morgan fingerprint density at radius 3 is 2.80 bits per heavy atom. The third-order valence-corrected chi connectivity index (χ3v) is 4.34. The first-order valence-corrected chi connectivity index (χ1v) is 5.28. The SMILES string of the molecule is O=S1(=O)CC2CCCC=C21. The maximum atomic E-state index is 11.0. The Morgan fingerprint density at radius 2 is 2.30 bits per heavy atom. The van der Waals surface area contributed by atoms with Gasteiger partial charge in [-0.1, -0.05) is 6.08 Å². The van der Waals surface area contributed by atoms with E-state index in [1.807, 2.05) is 6.08 Å². The van der Waals surface area contributed by atoms with Crippen LogP contribution in [0.2, 0.25) is 0 Å². The Hall–Kier alpha value is -0.310. The van der Waals surface area contributed by atoms with E-state index in [4.69, 9.17) is 0 Å². The monoisotopic (exact) mass is 158 g/mol. The zero-order chi connectivity index (χ0) is 7.19. The average molecular weight is 158 g/mol. The third kappa shape index (κ3) is 0.732. The molecule has 1 aliphatic carbocycles. The highest BCUT2D eigenvalue weighted by Crippen LogP contribution is 2.39. The van der Waals surface area contributed by atoms with Crippen molar-refractivity contribution in [2.45, 2.75) is 19.3 Å². The quantitative estimate of drug-likeness (QED) is 0.529. The van der Waals surface area contributed by atoms with E-state index in [9.17, 15) is 8.42 Å². The van der Waals surface area contributed by atoms with Crippen molar-refractivity contribution in [3.8, 4) is 0 Å². The lowest BCUT2D eigenvalue weighted by molar-refractivity contribution is 0.506. The number of rotatable bonds is 0. The first kappa shape index (κ1) is 6.40. The molecule has 56 valence electrons. The van der Waals surface area contributed by atoms with E-state index in [0.29, 0.717) is 11.7 Å². The Kier molecular flexibility index (Phi) is 1.18. The minimum atomic E-state index is -2.72. The van der Waals surface area contributed by atoms with Gasteiger partial charge >= 0.3 is 0 Å². The molecule has 1 fully saturated rings. The average Bonchev–Trinajstić information content (AvgIpc) is 1.86. The highest BCUT2D eigenvalue weighted by Gasteiger charge is 2.40. The van der Waals surface area contributed by atoms with Crippen molar-refractivity contribution in [2.24, 2.45) is 5.92 Å². The summed E-state index contributed by atoms with van der Waals surface area (Å²) in [6.07, 6.45) is 5.12. The van der Waals surface area contributed by atoms with Gasteiger partial charge in [-0.2, -0.15) is 0 Å². The summed E-state index contributed by atoms with van der Waals surface area (Å²) in [7, 11) is -2.72. The zero-order valence-electron chi connectivity index (χ0n) is 5.71. The first-order chi connectivity index (χ1) is 4.70. The highest BCUT2D eigenvalue weighted by atomic mass is 32.2. The molecule has 10 heavy (non-hydrogen) atoms. The molecule has 2 nitrogen and oxygen atoms in total. The van der Waals surface area contributed by atoms with Gasteiger partial charge in [0.05, 0.1) is 5.75 Å². The fourth-order valence-electron chi connectivity index (χ4n) is 1.73. The van der Waals surface area contributed by atoms with E-state index in [2.05, 4.69) is 0 Å². The molecule has 0 radical (unpaired) electrons. The minimum absolute atomic E-state index is 0.402. The molecular formula is C7H10O2S. The molecule has 0 aromatic carbocycles. The normalized spacial score (nSPS) is 35.6. The van der Waals surface area contributed by atoms with E-state index >= 15 is 0 Å². The van der Waals surface area contributed by atoms with Crippen LogP contribution >= 0.6 is 0 Å². The molecule has 0 spiro atoms. The number of fused-ring (bicyclic) bond motifs is 1. The van der Waals surface area contributed by atoms with Gasteiger partial charge in [-0.15, -0.1) is 0 Å². The first-order valence-electron chi connectivity index (χ1n) is 3.63. The summed E-state index contributed by atoms with van der Waals surface area (Å²) in [5.41, 5.74) is 0. The van der Waals surface area contributed by atoms with Crippen molar-refractivity contribution in [3.63, 3.8) is 0 Å². The van der Waals surface area contributed by atoms with Gasteiger partial charge in [-0.25, -0.2) is 8.42 Å². The summed E-state index contributed by atoms with van der Waals surface area (Å²) in [4.78, 5) is 0.735. The zero-order valence-corrected chi connectivity index (χ0v) is 6.52. The van der Waals surface area contributed by atoms with Crippen LogP contribution in [0.5, 0.6) is 0 Å². The summed E-state index contributed by atoms with van der Waals surface area (Å²) in [6, 6.07) is 0. The standard InChI is InChI=1S/C7H10O2S/c8-10(9)5-6-3-1-2-4-7(6)10/h4,6H,1-3,5H2. The van der Waals surface area contributed by atoms with Crippen LogP contribution in [0.15, 0.2) is 11.0 Å². The Balaban J connectivity index is 2.36. The second-order valence-electron chi connectivity index (χ2n) is 3.02. The van der Waals surface area contributed by atoms with Crippen molar-refractivity contribution < 1.29 is 8.42 Å². The summed E-state index contributed by atoms with van der Waals surface area (Å²) in [6.45, 7) is 0. The number of allylic oxidation sites excluding steroid dienone is 2. The van der Waals surface area contributed by atoms with E-state index in [1.54, 1.807) is 0 Å². The van der Waals surface area contributed by atoms with Crippen LogP contribution in [0.1, 0.15) is 19.3 Å². The molecule has 0 aromatic heterocycles. The molecule has 0 bridgehead atoms. The van der Waals surface area contributed by atoms with Gasteiger partial charge in [0.25, 0.3) is 0 Å². The largest absolute Gasteiger partial charge is 0.224 e. The molecule has 1 saturated heterocycles. The number of hydrogen-bond acceptors (Lipinski definition) is 2. The molecule has 0 N–H and O–H groups in total. The lowest BCUT2D eigenvalue weighted by Crippen LogP contribution is -2.35. The smallest absolute Gasteiger partial charge is 0.175 e. The highest BCUT2D eigenvalue weighted by molar-refractivity contribution is 7.96. The van der Waals surface area contributed by atoms with E-state index < -0.39 is 9.84 Å². The van der Waals surface area contributed by atoms with Gasteiger partial charge in [0.1, 0.15) is 0 Å². The maximum absolute atomic E-state index is 11.0. The van der Waals surface area contributed by atoms with E-state index in [1.165, 1.54) is 6.42 Å². The Morgan fingerprint density at radius 1 is 1.50 bits per heavy atom. The summed E-state index contributed by atoms with van der Waals surface area (Å²) in [5.74, 6) is 0.817. The maximum Gasteiger partial charge on any atom is 0.175 e.